The first kappa shape index (κ1) is 22.9. The fourth-order valence-corrected chi connectivity index (χ4v) is 5.27. The number of rotatable bonds is 9. The number of carbonyl (C=O) groups is 1. The molecule has 0 radical (unpaired) electrons. The van der Waals surface area contributed by atoms with Gasteiger partial charge in [0, 0.05) is 12.1 Å². The molecule has 1 aromatic carbocycles. The summed E-state index contributed by atoms with van der Waals surface area (Å²) in [5, 5.41) is 0.0935. The standard InChI is InChI=1S/C23H37O2P/c1-9-11-21(22(16(3)4)25-18(6)24)17(5)26-23(7,8)20-14-12-19(10-2)13-15-20/h11-17,22,26H,9-10H2,1-8H3/b21-11+/t17-,22+/m0/s1. The molecule has 3 heteroatoms. The molecule has 0 spiro atoms. The van der Waals surface area contributed by atoms with Crippen molar-refractivity contribution in [1.82, 2.24) is 0 Å². The highest BCUT2D eigenvalue weighted by molar-refractivity contribution is 7.40. The van der Waals surface area contributed by atoms with Crippen molar-refractivity contribution in [3.8, 4) is 0 Å². The van der Waals surface area contributed by atoms with Crippen LogP contribution < -0.4 is 0 Å². The summed E-state index contributed by atoms with van der Waals surface area (Å²) in [5.41, 5.74) is 4.41. The van der Waals surface area contributed by atoms with Crippen LogP contribution in [0.3, 0.4) is 0 Å². The molecule has 146 valence electrons. The van der Waals surface area contributed by atoms with Crippen molar-refractivity contribution < 1.29 is 9.53 Å². The summed E-state index contributed by atoms with van der Waals surface area (Å²) in [5.74, 6) is 0.0755. The normalized spacial score (nSPS) is 15.5. The fraction of sp³-hybridized carbons (Fsp3) is 0.609. The van der Waals surface area contributed by atoms with Crippen molar-refractivity contribution >= 4 is 14.6 Å². The van der Waals surface area contributed by atoms with Crippen molar-refractivity contribution in [3.05, 3.63) is 47.0 Å². The Morgan fingerprint density at radius 1 is 1.15 bits per heavy atom. The molecule has 0 saturated carbocycles. The molecule has 0 fully saturated rings. The molecule has 26 heavy (non-hydrogen) atoms. The quantitative estimate of drug-likeness (QED) is 0.280. The van der Waals surface area contributed by atoms with Crippen LogP contribution in [0.1, 0.15) is 72.9 Å². The van der Waals surface area contributed by atoms with Crippen LogP contribution in [0.4, 0.5) is 0 Å². The topological polar surface area (TPSA) is 26.3 Å². The van der Waals surface area contributed by atoms with Crippen LogP contribution in [0, 0.1) is 5.92 Å². The predicted octanol–water partition coefficient (Wildman–Crippen LogP) is 6.48. The van der Waals surface area contributed by atoms with Gasteiger partial charge in [0.2, 0.25) is 0 Å². The lowest BCUT2D eigenvalue weighted by Crippen LogP contribution is -2.29. The minimum Gasteiger partial charge on any atom is -0.458 e. The maximum Gasteiger partial charge on any atom is 0.303 e. The van der Waals surface area contributed by atoms with Gasteiger partial charge in [0.15, 0.2) is 0 Å². The Balaban J connectivity index is 3.05. The molecule has 0 heterocycles. The van der Waals surface area contributed by atoms with Crippen molar-refractivity contribution in [2.75, 3.05) is 0 Å². The van der Waals surface area contributed by atoms with Crippen LogP contribution in [0.2, 0.25) is 0 Å². The van der Waals surface area contributed by atoms with Gasteiger partial charge >= 0.3 is 5.97 Å². The van der Waals surface area contributed by atoms with Gasteiger partial charge in [-0.2, -0.15) is 0 Å². The second-order valence-electron chi connectivity index (χ2n) is 7.93. The number of allylic oxidation sites excluding steroid dienone is 1. The molecule has 1 unspecified atom stereocenters. The summed E-state index contributed by atoms with van der Waals surface area (Å²) in [6, 6.07) is 9.02. The van der Waals surface area contributed by atoms with E-state index in [1.807, 2.05) is 0 Å². The average molecular weight is 377 g/mol. The molecule has 0 saturated heterocycles. The summed E-state index contributed by atoms with van der Waals surface area (Å²) >= 11 is 0. The third-order valence-corrected chi connectivity index (χ3v) is 6.60. The van der Waals surface area contributed by atoms with Crippen LogP contribution in [-0.2, 0) is 21.1 Å². The number of carbonyl (C=O) groups excluding carboxylic acids is 1. The van der Waals surface area contributed by atoms with E-state index < -0.39 is 0 Å². The van der Waals surface area contributed by atoms with Crippen LogP contribution >= 0.6 is 8.58 Å². The zero-order valence-corrected chi connectivity index (χ0v) is 18.8. The van der Waals surface area contributed by atoms with Crippen LogP contribution in [0.15, 0.2) is 35.9 Å². The monoisotopic (exact) mass is 376 g/mol. The maximum absolute atomic E-state index is 11.6. The van der Waals surface area contributed by atoms with E-state index in [1.54, 1.807) is 0 Å². The smallest absolute Gasteiger partial charge is 0.303 e. The van der Waals surface area contributed by atoms with Gasteiger partial charge in [0.1, 0.15) is 6.10 Å². The molecule has 1 rings (SSSR count). The highest BCUT2D eigenvalue weighted by Gasteiger charge is 2.30. The molecular weight excluding hydrogens is 339 g/mol. The van der Waals surface area contributed by atoms with Gasteiger partial charge in [-0.15, -0.1) is 8.58 Å². The van der Waals surface area contributed by atoms with E-state index >= 15 is 0 Å². The molecule has 2 nitrogen and oxygen atoms in total. The summed E-state index contributed by atoms with van der Waals surface area (Å²) in [6.07, 6.45) is 4.16. The molecule has 0 aliphatic carbocycles. The van der Waals surface area contributed by atoms with Gasteiger partial charge in [0.25, 0.3) is 0 Å². The third-order valence-electron chi connectivity index (χ3n) is 4.83. The van der Waals surface area contributed by atoms with Gasteiger partial charge in [-0.05, 0) is 41.1 Å². The molecule has 0 amide bonds. The maximum atomic E-state index is 11.6. The number of hydrogen-bond acceptors (Lipinski definition) is 2. The fourth-order valence-electron chi connectivity index (χ4n) is 3.41. The molecule has 0 aliphatic heterocycles. The van der Waals surface area contributed by atoms with E-state index in [9.17, 15) is 4.79 Å². The van der Waals surface area contributed by atoms with E-state index in [2.05, 4.69) is 78.8 Å². The van der Waals surface area contributed by atoms with Gasteiger partial charge in [-0.1, -0.05) is 78.8 Å². The minimum absolute atomic E-state index is 0.0935. The van der Waals surface area contributed by atoms with Gasteiger partial charge in [-0.3, -0.25) is 4.79 Å². The highest BCUT2D eigenvalue weighted by atomic mass is 31.1. The summed E-state index contributed by atoms with van der Waals surface area (Å²) in [4.78, 5) is 11.6. The largest absolute Gasteiger partial charge is 0.458 e. The van der Waals surface area contributed by atoms with Crippen LogP contribution in [0.25, 0.3) is 0 Å². The number of aryl methyl sites for hydroxylation is 1. The van der Waals surface area contributed by atoms with Gasteiger partial charge in [0.05, 0.1) is 0 Å². The van der Waals surface area contributed by atoms with Gasteiger partial charge in [-0.25, -0.2) is 0 Å². The first-order valence-corrected chi connectivity index (χ1v) is 10.9. The molecule has 0 N–H and O–H groups in total. The molecule has 0 aromatic heterocycles. The molecule has 0 aliphatic rings. The summed E-state index contributed by atoms with van der Waals surface area (Å²) in [6.45, 7) is 17.0. The number of hydrogen-bond donors (Lipinski definition) is 0. The SMILES string of the molecule is CC/C=C(\[C@H](C)PC(C)(C)c1ccc(CC)cc1)[C@H](OC(C)=O)C(C)C. The van der Waals surface area contributed by atoms with E-state index in [1.165, 1.54) is 23.6 Å². The van der Waals surface area contributed by atoms with E-state index in [4.69, 9.17) is 4.74 Å². The van der Waals surface area contributed by atoms with Crippen molar-refractivity contribution in [3.63, 3.8) is 0 Å². The predicted molar refractivity (Wildman–Crippen MR) is 115 cm³/mol. The summed E-state index contributed by atoms with van der Waals surface area (Å²) in [7, 11) is 0.720. The van der Waals surface area contributed by atoms with E-state index in [-0.39, 0.29) is 23.1 Å². The Hall–Kier alpha value is -1.14. The third kappa shape index (κ3) is 6.54. The lowest BCUT2D eigenvalue weighted by atomic mass is 9.95. The van der Waals surface area contributed by atoms with Crippen LogP contribution in [-0.4, -0.2) is 17.7 Å². The molecular formula is C23H37O2P. The van der Waals surface area contributed by atoms with E-state index in [0.717, 1.165) is 21.4 Å². The number of benzene rings is 1. The molecule has 3 atom stereocenters. The van der Waals surface area contributed by atoms with Crippen molar-refractivity contribution in [1.29, 1.82) is 0 Å². The highest BCUT2D eigenvalue weighted by Crippen LogP contribution is 2.47. The lowest BCUT2D eigenvalue weighted by Gasteiger charge is -2.34. The average Bonchev–Trinajstić information content (AvgIpc) is 2.57. The number of esters is 1. The molecule has 0 bridgehead atoms. The zero-order chi connectivity index (χ0) is 19.9. The first-order valence-electron chi connectivity index (χ1n) is 9.86. The van der Waals surface area contributed by atoms with E-state index in [0.29, 0.717) is 5.66 Å². The minimum atomic E-state index is -0.198. The molecule has 1 aromatic rings. The van der Waals surface area contributed by atoms with Gasteiger partial charge < -0.3 is 4.74 Å². The second-order valence-corrected chi connectivity index (χ2v) is 10.3. The van der Waals surface area contributed by atoms with Crippen molar-refractivity contribution in [2.24, 2.45) is 5.92 Å². The zero-order valence-electron chi connectivity index (χ0n) is 17.8. The Kier molecular flexibility index (Phi) is 9.04. The Morgan fingerprint density at radius 2 is 1.73 bits per heavy atom. The second kappa shape index (κ2) is 10.3. The lowest BCUT2D eigenvalue weighted by molar-refractivity contribution is -0.146. The van der Waals surface area contributed by atoms with Crippen LogP contribution in [0.5, 0.6) is 0 Å². The number of ether oxygens (including phenoxy) is 1. The summed E-state index contributed by atoms with van der Waals surface area (Å²) < 4.78 is 5.70. The van der Waals surface area contributed by atoms with Crippen molar-refractivity contribution in [2.45, 2.75) is 85.2 Å². The Morgan fingerprint density at radius 3 is 2.15 bits per heavy atom. The Bertz CT molecular complexity index is 599. The Labute approximate surface area is 162 Å². The first-order chi connectivity index (χ1) is 12.1.